The lowest BCUT2D eigenvalue weighted by Crippen LogP contribution is -2.26. The molecule has 0 atom stereocenters. The number of nitrogens with one attached hydrogen (secondary N) is 2. The van der Waals surface area contributed by atoms with Gasteiger partial charge in [-0.1, -0.05) is 17.7 Å². The van der Waals surface area contributed by atoms with E-state index in [9.17, 15) is 17.6 Å². The Morgan fingerprint density at radius 2 is 2.00 bits per heavy atom. The van der Waals surface area contributed by atoms with Crippen molar-refractivity contribution in [2.24, 2.45) is 0 Å². The van der Waals surface area contributed by atoms with Crippen molar-refractivity contribution in [3.63, 3.8) is 0 Å². The first kappa shape index (κ1) is 21.5. The Balaban J connectivity index is 1.83. The number of hydrogen-bond acceptors (Lipinski definition) is 4. The average Bonchev–Trinajstić information content (AvgIpc) is 2.57. The summed E-state index contributed by atoms with van der Waals surface area (Å²) in [6.45, 7) is 2.14. The fourth-order valence-electron chi connectivity index (χ4n) is 2.30. The van der Waals surface area contributed by atoms with Gasteiger partial charge in [-0.15, -0.1) is 0 Å². The summed E-state index contributed by atoms with van der Waals surface area (Å²) in [6.07, 6.45) is 1.07. The van der Waals surface area contributed by atoms with E-state index in [0.717, 1.165) is 6.26 Å². The summed E-state index contributed by atoms with van der Waals surface area (Å²) in [7, 11) is -3.37. The molecular weight excluding hydrogens is 411 g/mol. The van der Waals surface area contributed by atoms with Crippen LogP contribution in [0.2, 0.25) is 5.02 Å². The zero-order valence-corrected chi connectivity index (χ0v) is 17.3. The second kappa shape index (κ2) is 9.43. The zero-order valence-electron chi connectivity index (χ0n) is 14.9. The molecule has 0 fully saturated rings. The Morgan fingerprint density at radius 3 is 2.63 bits per heavy atom. The molecule has 0 heterocycles. The van der Waals surface area contributed by atoms with Crippen LogP contribution in [-0.4, -0.2) is 32.9 Å². The molecule has 1 amide bonds. The van der Waals surface area contributed by atoms with Crippen LogP contribution in [0.15, 0.2) is 36.4 Å². The van der Waals surface area contributed by atoms with Crippen LogP contribution < -0.4 is 10.0 Å². The Labute approximate surface area is 167 Å². The molecule has 5 nitrogen and oxygen atoms in total. The molecule has 2 aromatic rings. The number of benzene rings is 2. The molecular formula is C18H20ClFN2O3S2. The minimum Gasteiger partial charge on any atom is -0.351 e. The van der Waals surface area contributed by atoms with E-state index in [4.69, 9.17) is 11.6 Å². The minimum absolute atomic E-state index is 0.256. The van der Waals surface area contributed by atoms with Crippen LogP contribution in [0, 0.1) is 12.7 Å². The van der Waals surface area contributed by atoms with Crippen molar-refractivity contribution in [3.05, 3.63) is 63.9 Å². The van der Waals surface area contributed by atoms with Gasteiger partial charge in [0, 0.05) is 34.2 Å². The molecule has 27 heavy (non-hydrogen) atoms. The van der Waals surface area contributed by atoms with Crippen LogP contribution in [0.1, 0.15) is 21.5 Å². The molecule has 0 aromatic heterocycles. The normalized spacial score (nSPS) is 11.3. The first-order valence-corrected chi connectivity index (χ1v) is 11.5. The SMILES string of the molecule is Cc1cc(C(=O)NCCSCc2c(F)cccc2Cl)ccc1NS(C)(=O)=O. The molecule has 0 unspecified atom stereocenters. The number of halogens is 2. The number of carbonyl (C=O) groups excluding carboxylic acids is 1. The Bertz CT molecular complexity index is 916. The van der Waals surface area contributed by atoms with Crippen molar-refractivity contribution in [3.8, 4) is 0 Å². The Morgan fingerprint density at radius 1 is 1.26 bits per heavy atom. The molecule has 0 saturated carbocycles. The smallest absolute Gasteiger partial charge is 0.251 e. The van der Waals surface area contributed by atoms with E-state index in [2.05, 4.69) is 10.0 Å². The molecule has 0 aliphatic heterocycles. The highest BCUT2D eigenvalue weighted by atomic mass is 35.5. The van der Waals surface area contributed by atoms with Crippen LogP contribution >= 0.6 is 23.4 Å². The third-order valence-electron chi connectivity index (χ3n) is 3.62. The summed E-state index contributed by atoms with van der Waals surface area (Å²) in [5.41, 5.74) is 1.98. The van der Waals surface area contributed by atoms with Crippen LogP contribution in [0.3, 0.4) is 0 Å². The largest absolute Gasteiger partial charge is 0.351 e. The fraction of sp³-hybridized carbons (Fsp3) is 0.278. The average molecular weight is 431 g/mol. The first-order chi connectivity index (χ1) is 12.7. The summed E-state index contributed by atoms with van der Waals surface area (Å²) < 4.78 is 38.7. The fourth-order valence-corrected chi connectivity index (χ4v) is 4.13. The third-order valence-corrected chi connectivity index (χ3v) is 5.55. The Hall–Kier alpha value is -1.77. The molecule has 2 rings (SSSR count). The van der Waals surface area contributed by atoms with E-state index < -0.39 is 10.0 Å². The van der Waals surface area contributed by atoms with Crippen LogP contribution in [0.25, 0.3) is 0 Å². The van der Waals surface area contributed by atoms with E-state index in [0.29, 0.717) is 45.5 Å². The van der Waals surface area contributed by atoms with Crippen molar-refractivity contribution in [2.45, 2.75) is 12.7 Å². The Kier molecular flexibility index (Phi) is 7.52. The van der Waals surface area contributed by atoms with E-state index in [1.165, 1.54) is 17.8 Å². The summed E-state index contributed by atoms with van der Waals surface area (Å²) in [4.78, 5) is 12.2. The van der Waals surface area contributed by atoms with Crippen molar-refractivity contribution >= 4 is 45.0 Å². The monoisotopic (exact) mass is 430 g/mol. The summed E-state index contributed by atoms with van der Waals surface area (Å²) in [6, 6.07) is 9.31. The second-order valence-corrected chi connectivity index (χ2v) is 9.17. The van der Waals surface area contributed by atoms with Gasteiger partial charge in [-0.25, -0.2) is 12.8 Å². The number of aryl methyl sites for hydroxylation is 1. The van der Waals surface area contributed by atoms with Gasteiger partial charge in [-0.2, -0.15) is 11.8 Å². The maximum atomic E-state index is 13.7. The minimum atomic E-state index is -3.37. The van der Waals surface area contributed by atoms with Gasteiger partial charge in [-0.05, 0) is 42.8 Å². The van der Waals surface area contributed by atoms with Gasteiger partial charge in [0.25, 0.3) is 5.91 Å². The van der Waals surface area contributed by atoms with Gasteiger partial charge in [0.2, 0.25) is 10.0 Å². The summed E-state index contributed by atoms with van der Waals surface area (Å²) in [5.74, 6) is 0.431. The molecule has 2 N–H and O–H groups in total. The topological polar surface area (TPSA) is 75.3 Å². The van der Waals surface area contributed by atoms with E-state index >= 15 is 0 Å². The molecule has 0 aliphatic carbocycles. The molecule has 0 saturated heterocycles. The number of amides is 1. The maximum absolute atomic E-state index is 13.7. The van der Waals surface area contributed by atoms with Gasteiger partial charge >= 0.3 is 0 Å². The van der Waals surface area contributed by atoms with Gasteiger partial charge in [-0.3, -0.25) is 9.52 Å². The summed E-state index contributed by atoms with van der Waals surface area (Å²) >= 11 is 7.44. The predicted molar refractivity (Wildman–Crippen MR) is 110 cm³/mol. The molecule has 2 aromatic carbocycles. The van der Waals surface area contributed by atoms with Crippen molar-refractivity contribution < 1.29 is 17.6 Å². The molecule has 146 valence electrons. The predicted octanol–water partition coefficient (Wildman–Crippen LogP) is 3.82. The molecule has 0 radical (unpaired) electrons. The van der Waals surface area contributed by atoms with Crippen LogP contribution in [0.4, 0.5) is 10.1 Å². The third kappa shape index (κ3) is 6.71. The van der Waals surface area contributed by atoms with Crippen molar-refractivity contribution in [1.29, 1.82) is 0 Å². The molecule has 0 aliphatic rings. The molecule has 9 heteroatoms. The summed E-state index contributed by atoms with van der Waals surface area (Å²) in [5, 5.41) is 3.18. The lowest BCUT2D eigenvalue weighted by atomic mass is 10.1. The zero-order chi connectivity index (χ0) is 20.0. The highest BCUT2D eigenvalue weighted by molar-refractivity contribution is 7.98. The van der Waals surface area contributed by atoms with E-state index in [1.54, 1.807) is 37.3 Å². The first-order valence-electron chi connectivity index (χ1n) is 8.04. The number of anilines is 1. The van der Waals surface area contributed by atoms with Gasteiger partial charge in [0.05, 0.1) is 11.9 Å². The highest BCUT2D eigenvalue weighted by Crippen LogP contribution is 2.23. The number of carbonyl (C=O) groups is 1. The van der Waals surface area contributed by atoms with Crippen molar-refractivity contribution in [1.82, 2.24) is 5.32 Å². The van der Waals surface area contributed by atoms with E-state index in [-0.39, 0.29) is 11.7 Å². The van der Waals surface area contributed by atoms with Crippen LogP contribution in [-0.2, 0) is 15.8 Å². The number of thioether (sulfide) groups is 1. The van der Waals surface area contributed by atoms with Crippen molar-refractivity contribution in [2.75, 3.05) is 23.3 Å². The van der Waals surface area contributed by atoms with Gasteiger partial charge < -0.3 is 5.32 Å². The lowest BCUT2D eigenvalue weighted by molar-refractivity contribution is 0.0956. The number of hydrogen-bond donors (Lipinski definition) is 2. The highest BCUT2D eigenvalue weighted by Gasteiger charge is 2.10. The molecule has 0 bridgehead atoms. The number of sulfonamides is 1. The quantitative estimate of drug-likeness (QED) is 0.624. The molecule has 0 spiro atoms. The van der Waals surface area contributed by atoms with Gasteiger partial charge in [0.15, 0.2) is 0 Å². The van der Waals surface area contributed by atoms with Crippen LogP contribution in [0.5, 0.6) is 0 Å². The second-order valence-electron chi connectivity index (χ2n) is 5.91. The van der Waals surface area contributed by atoms with E-state index in [1.807, 2.05) is 0 Å². The lowest BCUT2D eigenvalue weighted by Gasteiger charge is -2.10. The number of rotatable bonds is 8. The van der Waals surface area contributed by atoms with Gasteiger partial charge in [0.1, 0.15) is 5.82 Å². The maximum Gasteiger partial charge on any atom is 0.251 e. The standard InChI is InChI=1S/C18H20ClFN2O3S2/c1-12-10-13(6-7-17(12)22-27(2,24)25)18(23)21-8-9-26-11-14-15(19)4-3-5-16(14)20/h3-7,10,22H,8-9,11H2,1-2H3,(H,21,23).